The summed E-state index contributed by atoms with van der Waals surface area (Å²) in [6, 6.07) is 6.45. The lowest BCUT2D eigenvalue weighted by Crippen LogP contribution is -2.32. The summed E-state index contributed by atoms with van der Waals surface area (Å²) < 4.78 is 18.0. The van der Waals surface area contributed by atoms with E-state index in [-0.39, 0.29) is 18.3 Å². The van der Waals surface area contributed by atoms with Gasteiger partial charge in [0.1, 0.15) is 11.4 Å². The molecule has 0 atom stereocenters. The molecule has 18 heavy (non-hydrogen) atoms. The van der Waals surface area contributed by atoms with Crippen molar-refractivity contribution in [1.29, 1.82) is 0 Å². The normalized spacial score (nSPS) is 11.3. The highest BCUT2D eigenvalue weighted by atomic mass is 19.1. The van der Waals surface area contributed by atoms with Crippen molar-refractivity contribution in [2.75, 3.05) is 13.1 Å². The van der Waals surface area contributed by atoms with Crippen molar-refractivity contribution in [3.63, 3.8) is 0 Å². The predicted octanol–water partition coefficient (Wildman–Crippen LogP) is 2.30. The van der Waals surface area contributed by atoms with Crippen molar-refractivity contribution >= 4 is 5.97 Å². The van der Waals surface area contributed by atoms with Crippen LogP contribution < -0.4 is 5.32 Å². The van der Waals surface area contributed by atoms with E-state index in [1.165, 1.54) is 12.1 Å². The fraction of sp³-hybridized carbons (Fsp3) is 0.500. The number of halogens is 1. The molecule has 100 valence electrons. The first-order valence-corrected chi connectivity index (χ1v) is 6.04. The van der Waals surface area contributed by atoms with Gasteiger partial charge in [0, 0.05) is 0 Å². The maximum absolute atomic E-state index is 12.9. The van der Waals surface area contributed by atoms with Crippen LogP contribution >= 0.6 is 0 Å². The van der Waals surface area contributed by atoms with Gasteiger partial charge in [0.05, 0.1) is 6.54 Å². The summed E-state index contributed by atoms with van der Waals surface area (Å²) in [4.78, 5) is 11.4. The molecule has 0 heterocycles. The second-order valence-corrected chi connectivity index (χ2v) is 5.14. The zero-order valence-electron chi connectivity index (χ0n) is 11.1. The highest BCUT2D eigenvalue weighted by Gasteiger charge is 2.15. The number of hydrogen-bond donors (Lipinski definition) is 1. The minimum absolute atomic E-state index is 0.173. The average molecular weight is 253 g/mol. The summed E-state index contributed by atoms with van der Waals surface area (Å²) in [5, 5.41) is 2.98. The van der Waals surface area contributed by atoms with Crippen molar-refractivity contribution in [2.24, 2.45) is 0 Å². The van der Waals surface area contributed by atoms with Crippen molar-refractivity contribution in [3.8, 4) is 0 Å². The lowest BCUT2D eigenvalue weighted by molar-refractivity contribution is -0.153. The Morgan fingerprint density at radius 1 is 1.39 bits per heavy atom. The van der Waals surface area contributed by atoms with E-state index in [4.69, 9.17) is 4.74 Å². The zero-order valence-corrected chi connectivity index (χ0v) is 11.1. The third-order valence-electron chi connectivity index (χ3n) is 2.17. The standard InChI is InChI=1S/C14H20FNO2/c1-14(2,3)18-13(17)10-16-8-7-11-5-4-6-12(15)9-11/h4-6,9,16H,7-8,10H2,1-3H3. The Morgan fingerprint density at radius 3 is 2.72 bits per heavy atom. The van der Waals surface area contributed by atoms with Crippen LogP contribution in [0, 0.1) is 5.82 Å². The zero-order chi connectivity index (χ0) is 13.6. The van der Waals surface area contributed by atoms with Crippen molar-refractivity contribution < 1.29 is 13.9 Å². The molecule has 1 aromatic carbocycles. The van der Waals surface area contributed by atoms with E-state index < -0.39 is 5.60 Å². The van der Waals surface area contributed by atoms with Crippen LogP contribution in [0.1, 0.15) is 26.3 Å². The lowest BCUT2D eigenvalue weighted by atomic mass is 10.1. The lowest BCUT2D eigenvalue weighted by Gasteiger charge is -2.19. The first kappa shape index (κ1) is 14.6. The molecule has 0 aliphatic heterocycles. The molecule has 3 nitrogen and oxygen atoms in total. The van der Waals surface area contributed by atoms with Gasteiger partial charge in [0.25, 0.3) is 0 Å². The number of esters is 1. The fourth-order valence-corrected chi connectivity index (χ4v) is 1.49. The number of benzene rings is 1. The third kappa shape index (κ3) is 6.35. The van der Waals surface area contributed by atoms with Crippen LogP contribution in [0.5, 0.6) is 0 Å². The Kier molecular flexibility index (Phi) is 5.28. The summed E-state index contributed by atoms with van der Waals surface area (Å²) in [5.41, 5.74) is 0.452. The second kappa shape index (κ2) is 6.50. The number of carbonyl (C=O) groups excluding carboxylic acids is 1. The van der Waals surface area contributed by atoms with E-state index in [0.29, 0.717) is 13.0 Å². The van der Waals surface area contributed by atoms with Gasteiger partial charge < -0.3 is 10.1 Å². The number of nitrogens with one attached hydrogen (secondary N) is 1. The molecule has 0 aliphatic rings. The van der Waals surface area contributed by atoms with Gasteiger partial charge in [0.2, 0.25) is 0 Å². The van der Waals surface area contributed by atoms with Crippen LogP contribution in [0.2, 0.25) is 0 Å². The Bertz CT molecular complexity index is 399. The second-order valence-electron chi connectivity index (χ2n) is 5.14. The monoisotopic (exact) mass is 253 g/mol. The molecular weight excluding hydrogens is 233 g/mol. The molecule has 1 N–H and O–H groups in total. The van der Waals surface area contributed by atoms with Crippen molar-refractivity contribution in [2.45, 2.75) is 32.8 Å². The predicted molar refractivity (Wildman–Crippen MR) is 68.8 cm³/mol. The molecule has 0 unspecified atom stereocenters. The van der Waals surface area contributed by atoms with Gasteiger partial charge in [-0.1, -0.05) is 12.1 Å². The van der Waals surface area contributed by atoms with Crippen LogP contribution in [0.4, 0.5) is 4.39 Å². The van der Waals surface area contributed by atoms with E-state index in [1.807, 2.05) is 26.8 Å². The van der Waals surface area contributed by atoms with Gasteiger partial charge in [0.15, 0.2) is 0 Å². The van der Waals surface area contributed by atoms with E-state index in [2.05, 4.69) is 5.32 Å². The van der Waals surface area contributed by atoms with E-state index in [0.717, 1.165) is 5.56 Å². The summed E-state index contributed by atoms with van der Waals surface area (Å²) in [6.07, 6.45) is 0.681. The summed E-state index contributed by atoms with van der Waals surface area (Å²) in [6.45, 7) is 6.28. The van der Waals surface area contributed by atoms with Crippen molar-refractivity contribution in [3.05, 3.63) is 35.6 Å². The molecule has 1 rings (SSSR count). The average Bonchev–Trinajstić information content (AvgIpc) is 2.22. The van der Waals surface area contributed by atoms with Gasteiger partial charge in [-0.2, -0.15) is 0 Å². The maximum Gasteiger partial charge on any atom is 0.320 e. The minimum atomic E-state index is -0.457. The fourth-order valence-electron chi connectivity index (χ4n) is 1.49. The minimum Gasteiger partial charge on any atom is -0.459 e. The number of rotatable bonds is 5. The Hall–Kier alpha value is -1.42. The number of carbonyl (C=O) groups is 1. The molecule has 0 radical (unpaired) electrons. The maximum atomic E-state index is 12.9. The molecule has 0 saturated heterocycles. The SMILES string of the molecule is CC(C)(C)OC(=O)CNCCc1cccc(F)c1. The Labute approximate surface area is 107 Å². The topological polar surface area (TPSA) is 38.3 Å². The van der Waals surface area contributed by atoms with Gasteiger partial charge in [-0.25, -0.2) is 4.39 Å². The quantitative estimate of drug-likeness (QED) is 0.646. The van der Waals surface area contributed by atoms with Crippen LogP contribution in [0.3, 0.4) is 0 Å². The molecule has 0 saturated carbocycles. The van der Waals surface area contributed by atoms with E-state index in [9.17, 15) is 9.18 Å². The molecule has 0 aliphatic carbocycles. The van der Waals surface area contributed by atoms with Crippen LogP contribution in [0.15, 0.2) is 24.3 Å². The number of hydrogen-bond acceptors (Lipinski definition) is 3. The number of ether oxygens (including phenoxy) is 1. The molecule has 0 bridgehead atoms. The highest BCUT2D eigenvalue weighted by Crippen LogP contribution is 2.06. The summed E-state index contributed by atoms with van der Waals surface area (Å²) >= 11 is 0. The Morgan fingerprint density at radius 2 is 2.11 bits per heavy atom. The summed E-state index contributed by atoms with van der Waals surface area (Å²) in [5.74, 6) is -0.513. The molecule has 1 aromatic rings. The largest absolute Gasteiger partial charge is 0.459 e. The van der Waals surface area contributed by atoms with Crippen molar-refractivity contribution in [1.82, 2.24) is 5.32 Å². The summed E-state index contributed by atoms with van der Waals surface area (Å²) in [7, 11) is 0. The third-order valence-corrected chi connectivity index (χ3v) is 2.17. The molecule has 0 fully saturated rings. The van der Waals surface area contributed by atoms with E-state index in [1.54, 1.807) is 6.07 Å². The van der Waals surface area contributed by atoms with Crippen LogP contribution in [0.25, 0.3) is 0 Å². The van der Waals surface area contributed by atoms with Gasteiger partial charge in [-0.05, 0) is 51.4 Å². The van der Waals surface area contributed by atoms with Gasteiger partial charge in [-0.15, -0.1) is 0 Å². The molecule has 0 amide bonds. The first-order chi connectivity index (χ1) is 8.37. The molecule has 0 aromatic heterocycles. The van der Waals surface area contributed by atoms with E-state index >= 15 is 0 Å². The van der Waals surface area contributed by atoms with Crippen LogP contribution in [-0.2, 0) is 16.0 Å². The van der Waals surface area contributed by atoms with Gasteiger partial charge >= 0.3 is 5.97 Å². The molecular formula is C14H20FNO2. The smallest absolute Gasteiger partial charge is 0.320 e. The van der Waals surface area contributed by atoms with Crippen LogP contribution in [-0.4, -0.2) is 24.7 Å². The highest BCUT2D eigenvalue weighted by molar-refractivity contribution is 5.72. The first-order valence-electron chi connectivity index (χ1n) is 6.04. The molecule has 0 spiro atoms. The Balaban J connectivity index is 2.21. The van der Waals surface area contributed by atoms with Gasteiger partial charge in [-0.3, -0.25) is 4.79 Å². The molecule has 4 heteroatoms.